The number of fused-ring (bicyclic) bond motifs is 4. The molecular formula is C25H20O. The van der Waals surface area contributed by atoms with Gasteiger partial charge in [0.05, 0.1) is 0 Å². The summed E-state index contributed by atoms with van der Waals surface area (Å²) >= 11 is 0. The van der Waals surface area contributed by atoms with Crippen LogP contribution in [0.1, 0.15) is 25.3 Å². The molecule has 0 saturated carbocycles. The van der Waals surface area contributed by atoms with Crippen molar-refractivity contribution in [1.29, 1.82) is 0 Å². The molecule has 0 bridgehead atoms. The van der Waals surface area contributed by atoms with Crippen molar-refractivity contribution < 1.29 is 4.42 Å². The molecule has 0 amide bonds. The molecule has 0 saturated heterocycles. The van der Waals surface area contributed by atoms with E-state index < -0.39 is 0 Å². The van der Waals surface area contributed by atoms with Gasteiger partial charge in [-0.05, 0) is 51.6 Å². The molecule has 0 aliphatic carbocycles. The van der Waals surface area contributed by atoms with E-state index in [9.17, 15) is 0 Å². The molecule has 0 atom stereocenters. The molecule has 0 radical (unpaired) electrons. The van der Waals surface area contributed by atoms with E-state index in [1.165, 1.54) is 38.2 Å². The number of benzene rings is 4. The molecule has 1 heterocycles. The Kier molecular flexibility index (Phi) is 3.36. The van der Waals surface area contributed by atoms with E-state index in [4.69, 9.17) is 4.42 Å². The molecule has 5 aromatic rings. The van der Waals surface area contributed by atoms with E-state index in [0.717, 1.165) is 11.2 Å². The van der Waals surface area contributed by atoms with E-state index in [1.54, 1.807) is 0 Å². The first-order valence-corrected chi connectivity index (χ1v) is 9.15. The van der Waals surface area contributed by atoms with Crippen molar-refractivity contribution in [3.63, 3.8) is 0 Å². The maximum atomic E-state index is 5.98. The van der Waals surface area contributed by atoms with E-state index in [-0.39, 0.29) is 0 Å². The van der Waals surface area contributed by atoms with Gasteiger partial charge < -0.3 is 4.42 Å². The van der Waals surface area contributed by atoms with E-state index in [0.29, 0.717) is 5.92 Å². The van der Waals surface area contributed by atoms with Crippen LogP contribution in [0.15, 0.2) is 83.3 Å². The van der Waals surface area contributed by atoms with Gasteiger partial charge in [-0.3, -0.25) is 0 Å². The van der Waals surface area contributed by atoms with Gasteiger partial charge in [0, 0.05) is 10.8 Å². The lowest BCUT2D eigenvalue weighted by Gasteiger charge is -2.11. The van der Waals surface area contributed by atoms with Gasteiger partial charge in [-0.15, -0.1) is 0 Å². The van der Waals surface area contributed by atoms with E-state index in [2.05, 4.69) is 80.6 Å². The highest BCUT2D eigenvalue weighted by Gasteiger charge is 2.10. The second kappa shape index (κ2) is 5.74. The molecule has 1 nitrogen and oxygen atoms in total. The van der Waals surface area contributed by atoms with Crippen molar-refractivity contribution in [2.75, 3.05) is 0 Å². The van der Waals surface area contributed by atoms with Crippen LogP contribution >= 0.6 is 0 Å². The smallest absolute Gasteiger partial charge is 0.135 e. The summed E-state index contributed by atoms with van der Waals surface area (Å²) in [5.41, 5.74) is 5.77. The zero-order chi connectivity index (χ0) is 17.7. The van der Waals surface area contributed by atoms with Crippen LogP contribution in [0.25, 0.3) is 43.8 Å². The van der Waals surface area contributed by atoms with Gasteiger partial charge in [-0.2, -0.15) is 0 Å². The summed E-state index contributed by atoms with van der Waals surface area (Å²) in [5, 5.41) is 4.94. The molecule has 0 N–H and O–H groups in total. The Hall–Kier alpha value is -3.06. The molecule has 1 heteroatoms. The lowest BCUT2D eigenvalue weighted by molar-refractivity contribution is 0.669. The average Bonchev–Trinajstić information content (AvgIpc) is 3.05. The highest BCUT2D eigenvalue weighted by atomic mass is 16.3. The Labute approximate surface area is 152 Å². The number of hydrogen-bond acceptors (Lipinski definition) is 1. The summed E-state index contributed by atoms with van der Waals surface area (Å²) in [6.07, 6.45) is 0. The minimum Gasteiger partial charge on any atom is -0.456 e. The minimum absolute atomic E-state index is 0.521. The van der Waals surface area contributed by atoms with Crippen LogP contribution in [0, 0.1) is 0 Å². The van der Waals surface area contributed by atoms with Crippen LogP contribution in [0.3, 0.4) is 0 Å². The quantitative estimate of drug-likeness (QED) is 0.325. The maximum absolute atomic E-state index is 5.98. The lowest BCUT2D eigenvalue weighted by atomic mass is 9.93. The third kappa shape index (κ3) is 2.32. The van der Waals surface area contributed by atoms with E-state index >= 15 is 0 Å². The summed E-state index contributed by atoms with van der Waals surface area (Å²) in [6.45, 7) is 4.49. The zero-order valence-corrected chi connectivity index (χ0v) is 15.0. The van der Waals surface area contributed by atoms with Crippen molar-refractivity contribution in [3.8, 4) is 11.1 Å². The largest absolute Gasteiger partial charge is 0.456 e. The minimum atomic E-state index is 0.521. The molecule has 0 aliphatic rings. The fraction of sp³-hybridized carbons (Fsp3) is 0.120. The molecule has 0 aliphatic heterocycles. The monoisotopic (exact) mass is 336 g/mol. The first-order valence-electron chi connectivity index (χ1n) is 9.15. The number of rotatable bonds is 2. The van der Waals surface area contributed by atoms with Gasteiger partial charge in [-0.25, -0.2) is 0 Å². The number of para-hydroxylation sites is 1. The SMILES string of the molecule is CC(C)c1ccc2cccc(-c3ccc4oc5ccccc5c4c3)c2c1. The number of furan rings is 1. The summed E-state index contributed by atoms with van der Waals surface area (Å²) < 4.78 is 5.98. The lowest BCUT2D eigenvalue weighted by Crippen LogP contribution is -1.88. The summed E-state index contributed by atoms with van der Waals surface area (Å²) in [7, 11) is 0. The van der Waals surface area contributed by atoms with Gasteiger partial charge in [0.1, 0.15) is 11.2 Å². The summed E-state index contributed by atoms with van der Waals surface area (Å²) in [6, 6.07) is 28.1. The van der Waals surface area contributed by atoms with Crippen LogP contribution in [-0.4, -0.2) is 0 Å². The highest BCUT2D eigenvalue weighted by molar-refractivity contribution is 6.07. The van der Waals surface area contributed by atoms with Gasteiger partial charge in [-0.1, -0.05) is 74.5 Å². The molecule has 0 unspecified atom stereocenters. The van der Waals surface area contributed by atoms with Crippen molar-refractivity contribution >= 4 is 32.7 Å². The third-order valence-electron chi connectivity index (χ3n) is 5.26. The summed E-state index contributed by atoms with van der Waals surface area (Å²) in [5.74, 6) is 0.521. The standard InChI is InChI=1S/C25H20O/c1-16(2)18-11-10-17-6-5-8-20(22(17)14-18)19-12-13-25-23(15-19)21-7-3-4-9-24(21)26-25/h3-16H,1-2H3. The van der Waals surface area contributed by atoms with Gasteiger partial charge in [0.2, 0.25) is 0 Å². The van der Waals surface area contributed by atoms with Crippen molar-refractivity contribution in [3.05, 3.63) is 84.4 Å². The number of hydrogen-bond donors (Lipinski definition) is 0. The fourth-order valence-corrected chi connectivity index (χ4v) is 3.79. The van der Waals surface area contributed by atoms with Crippen molar-refractivity contribution in [2.24, 2.45) is 0 Å². The first-order chi connectivity index (χ1) is 12.7. The predicted octanol–water partition coefficient (Wildman–Crippen LogP) is 7.53. The normalized spacial score (nSPS) is 11.8. The molecular weight excluding hydrogens is 316 g/mol. The Morgan fingerprint density at radius 2 is 1.50 bits per heavy atom. The van der Waals surface area contributed by atoms with Crippen LogP contribution in [0.5, 0.6) is 0 Å². The van der Waals surface area contributed by atoms with Gasteiger partial charge in [0.15, 0.2) is 0 Å². The third-order valence-corrected chi connectivity index (χ3v) is 5.26. The molecule has 126 valence electrons. The molecule has 1 aromatic heterocycles. The fourth-order valence-electron chi connectivity index (χ4n) is 3.79. The van der Waals surface area contributed by atoms with Crippen LogP contribution < -0.4 is 0 Å². The second-order valence-electron chi connectivity index (χ2n) is 7.25. The molecule has 0 spiro atoms. The average molecular weight is 336 g/mol. The Morgan fingerprint density at radius 1 is 0.654 bits per heavy atom. The van der Waals surface area contributed by atoms with Crippen LogP contribution in [0.2, 0.25) is 0 Å². The van der Waals surface area contributed by atoms with Crippen molar-refractivity contribution in [1.82, 2.24) is 0 Å². The Morgan fingerprint density at radius 3 is 2.38 bits per heavy atom. The van der Waals surface area contributed by atoms with Crippen LogP contribution in [-0.2, 0) is 0 Å². The Bertz CT molecular complexity index is 1260. The zero-order valence-electron chi connectivity index (χ0n) is 15.0. The molecule has 4 aromatic carbocycles. The first kappa shape index (κ1) is 15.2. The molecule has 0 fully saturated rings. The van der Waals surface area contributed by atoms with E-state index in [1.807, 2.05) is 12.1 Å². The second-order valence-corrected chi connectivity index (χ2v) is 7.25. The molecule has 5 rings (SSSR count). The topological polar surface area (TPSA) is 13.1 Å². The predicted molar refractivity (Wildman–Crippen MR) is 111 cm³/mol. The Balaban J connectivity index is 1.79. The van der Waals surface area contributed by atoms with Crippen LogP contribution in [0.4, 0.5) is 0 Å². The molecule has 26 heavy (non-hydrogen) atoms. The maximum Gasteiger partial charge on any atom is 0.135 e. The van der Waals surface area contributed by atoms with Gasteiger partial charge in [0.25, 0.3) is 0 Å². The summed E-state index contributed by atoms with van der Waals surface area (Å²) in [4.78, 5) is 0. The van der Waals surface area contributed by atoms with Gasteiger partial charge >= 0.3 is 0 Å². The van der Waals surface area contributed by atoms with Crippen molar-refractivity contribution in [2.45, 2.75) is 19.8 Å². The highest BCUT2D eigenvalue weighted by Crippen LogP contribution is 2.35.